The molecule has 27 heavy (non-hydrogen) atoms. The fourth-order valence-electron chi connectivity index (χ4n) is 2.51. The van der Waals surface area contributed by atoms with Gasteiger partial charge >= 0.3 is 5.97 Å². The molecule has 0 unspecified atom stereocenters. The van der Waals surface area contributed by atoms with E-state index in [9.17, 15) is 14.4 Å². The van der Waals surface area contributed by atoms with Crippen LogP contribution >= 0.6 is 22.9 Å². The van der Waals surface area contributed by atoms with Gasteiger partial charge in [-0.2, -0.15) is 0 Å². The molecule has 0 atom stereocenters. The van der Waals surface area contributed by atoms with Crippen molar-refractivity contribution in [2.45, 2.75) is 20.4 Å². The molecule has 140 valence electrons. The molecule has 3 rings (SSSR count). The molecule has 1 aromatic carbocycles. The zero-order valence-electron chi connectivity index (χ0n) is 14.6. The summed E-state index contributed by atoms with van der Waals surface area (Å²) < 4.78 is 10.6. The van der Waals surface area contributed by atoms with E-state index in [1.54, 1.807) is 37.3 Å². The number of hydrogen-bond acceptors (Lipinski definition) is 6. The number of para-hydroxylation sites is 1. The molecule has 3 aromatic rings. The van der Waals surface area contributed by atoms with E-state index < -0.39 is 12.6 Å². The molecule has 0 fully saturated rings. The fraction of sp³-hybridized carbons (Fsp3) is 0.211. The standard InChI is InChI=1S/C19H16ClNO5S/c1-10-13-4-3-5-14(20)18(13)26-17(10)19(24)25-9-15(23)16-7-6-12(27-16)8-21-11(2)22/h3-7H,8-9H2,1-2H3,(H,21,22). The predicted octanol–water partition coefficient (Wildman–Crippen LogP) is 4.13. The Balaban J connectivity index is 1.65. The first-order valence-corrected chi connectivity index (χ1v) is 9.27. The van der Waals surface area contributed by atoms with Gasteiger partial charge < -0.3 is 14.5 Å². The van der Waals surface area contributed by atoms with E-state index in [1.807, 2.05) is 0 Å². The Hall–Kier alpha value is -2.64. The lowest BCUT2D eigenvalue weighted by molar-refractivity contribution is -0.119. The number of furan rings is 1. The van der Waals surface area contributed by atoms with E-state index in [1.165, 1.54) is 18.3 Å². The number of aryl methyl sites for hydroxylation is 1. The number of halogens is 1. The number of carbonyl (C=O) groups is 3. The molecule has 2 aromatic heterocycles. The van der Waals surface area contributed by atoms with Crippen molar-refractivity contribution in [3.05, 3.63) is 56.4 Å². The average Bonchev–Trinajstić information content (AvgIpc) is 3.24. The SMILES string of the molecule is CC(=O)NCc1ccc(C(=O)COC(=O)c2oc3c(Cl)cccc3c2C)s1. The molecule has 2 heterocycles. The third kappa shape index (κ3) is 4.20. The van der Waals surface area contributed by atoms with Gasteiger partial charge in [0.15, 0.2) is 12.2 Å². The molecule has 0 aliphatic heterocycles. The van der Waals surface area contributed by atoms with Crippen LogP contribution < -0.4 is 5.32 Å². The highest BCUT2D eigenvalue weighted by Crippen LogP contribution is 2.31. The minimum absolute atomic E-state index is 0.0310. The number of esters is 1. The summed E-state index contributed by atoms with van der Waals surface area (Å²) in [5.41, 5.74) is 1.02. The topological polar surface area (TPSA) is 85.6 Å². The Morgan fingerprint density at radius 3 is 2.70 bits per heavy atom. The monoisotopic (exact) mass is 405 g/mol. The van der Waals surface area contributed by atoms with Gasteiger partial charge in [0.05, 0.1) is 16.4 Å². The number of carbonyl (C=O) groups excluding carboxylic acids is 3. The van der Waals surface area contributed by atoms with Crippen molar-refractivity contribution in [3.8, 4) is 0 Å². The summed E-state index contributed by atoms with van der Waals surface area (Å²) >= 11 is 7.32. The number of Topliss-reactive ketones (excluding diaryl/α,β-unsaturated/α-hetero) is 1. The molecule has 0 bridgehead atoms. The summed E-state index contributed by atoms with van der Waals surface area (Å²) in [7, 11) is 0. The van der Waals surface area contributed by atoms with Crippen molar-refractivity contribution in [1.82, 2.24) is 5.32 Å². The van der Waals surface area contributed by atoms with Gasteiger partial charge in [-0.25, -0.2) is 4.79 Å². The zero-order valence-corrected chi connectivity index (χ0v) is 16.2. The quantitative estimate of drug-likeness (QED) is 0.492. The Kier molecular flexibility index (Phi) is 5.62. The van der Waals surface area contributed by atoms with E-state index in [0.29, 0.717) is 27.6 Å². The van der Waals surface area contributed by atoms with Gasteiger partial charge in [-0.15, -0.1) is 11.3 Å². The number of rotatable bonds is 6. The Morgan fingerprint density at radius 2 is 2.00 bits per heavy atom. The molecule has 1 N–H and O–H groups in total. The van der Waals surface area contributed by atoms with Crippen molar-refractivity contribution >= 4 is 51.6 Å². The van der Waals surface area contributed by atoms with Crippen LogP contribution in [0.3, 0.4) is 0 Å². The lowest BCUT2D eigenvalue weighted by Crippen LogP contribution is -2.18. The number of ketones is 1. The summed E-state index contributed by atoms with van der Waals surface area (Å²) in [6.45, 7) is 3.11. The van der Waals surface area contributed by atoms with Crippen LogP contribution in [-0.4, -0.2) is 24.3 Å². The minimum atomic E-state index is -0.719. The van der Waals surface area contributed by atoms with Gasteiger partial charge in [0, 0.05) is 22.8 Å². The van der Waals surface area contributed by atoms with Crippen LogP contribution in [0.1, 0.15) is 37.6 Å². The molecule has 6 nitrogen and oxygen atoms in total. The molecule has 0 radical (unpaired) electrons. The lowest BCUT2D eigenvalue weighted by atomic mass is 10.1. The third-order valence-electron chi connectivity index (χ3n) is 3.88. The molecular formula is C19H16ClNO5S. The minimum Gasteiger partial charge on any atom is -0.451 e. The highest BCUT2D eigenvalue weighted by molar-refractivity contribution is 7.14. The Labute approximate surface area is 164 Å². The Bertz CT molecular complexity index is 1040. The van der Waals surface area contributed by atoms with Crippen LogP contribution in [0.15, 0.2) is 34.7 Å². The van der Waals surface area contributed by atoms with Gasteiger partial charge in [-0.3, -0.25) is 9.59 Å². The predicted molar refractivity (Wildman–Crippen MR) is 102 cm³/mol. The van der Waals surface area contributed by atoms with E-state index in [2.05, 4.69) is 5.32 Å². The second kappa shape index (κ2) is 7.94. The average molecular weight is 406 g/mol. The van der Waals surface area contributed by atoms with Gasteiger partial charge in [0.25, 0.3) is 0 Å². The molecular weight excluding hydrogens is 390 g/mol. The van der Waals surface area contributed by atoms with Crippen LogP contribution in [0.5, 0.6) is 0 Å². The highest BCUT2D eigenvalue weighted by Gasteiger charge is 2.21. The van der Waals surface area contributed by atoms with E-state index >= 15 is 0 Å². The summed E-state index contributed by atoms with van der Waals surface area (Å²) in [6, 6.07) is 8.62. The zero-order chi connectivity index (χ0) is 19.6. The normalized spacial score (nSPS) is 10.8. The summed E-state index contributed by atoms with van der Waals surface area (Å²) in [6.07, 6.45) is 0. The number of thiophene rings is 1. The van der Waals surface area contributed by atoms with Crippen LogP contribution in [0, 0.1) is 6.92 Å². The lowest BCUT2D eigenvalue weighted by Gasteiger charge is -2.02. The van der Waals surface area contributed by atoms with Gasteiger partial charge in [0.2, 0.25) is 17.5 Å². The van der Waals surface area contributed by atoms with E-state index in [4.69, 9.17) is 20.8 Å². The van der Waals surface area contributed by atoms with Crippen molar-refractivity contribution < 1.29 is 23.5 Å². The van der Waals surface area contributed by atoms with Crippen molar-refractivity contribution in [3.63, 3.8) is 0 Å². The van der Waals surface area contributed by atoms with Crippen molar-refractivity contribution in [2.75, 3.05) is 6.61 Å². The van der Waals surface area contributed by atoms with Crippen LogP contribution in [0.4, 0.5) is 0 Å². The molecule has 0 saturated heterocycles. The number of hydrogen-bond donors (Lipinski definition) is 1. The number of nitrogens with one attached hydrogen (secondary N) is 1. The molecule has 0 saturated carbocycles. The number of fused-ring (bicyclic) bond motifs is 1. The summed E-state index contributed by atoms with van der Waals surface area (Å²) in [5.74, 6) is -1.16. The second-order valence-electron chi connectivity index (χ2n) is 5.85. The maximum atomic E-state index is 12.3. The van der Waals surface area contributed by atoms with Crippen molar-refractivity contribution in [1.29, 1.82) is 0 Å². The molecule has 1 amide bonds. The fourth-order valence-corrected chi connectivity index (χ4v) is 3.59. The first-order chi connectivity index (χ1) is 12.9. The van der Waals surface area contributed by atoms with E-state index in [0.717, 1.165) is 10.3 Å². The number of benzene rings is 1. The summed E-state index contributed by atoms with van der Waals surface area (Å²) in [5, 5.41) is 3.78. The molecule has 0 spiro atoms. The third-order valence-corrected chi connectivity index (χ3v) is 5.31. The summed E-state index contributed by atoms with van der Waals surface area (Å²) in [4.78, 5) is 36.8. The van der Waals surface area contributed by atoms with Crippen LogP contribution in [0.25, 0.3) is 11.0 Å². The number of amides is 1. The molecule has 8 heteroatoms. The molecule has 0 aliphatic carbocycles. The van der Waals surface area contributed by atoms with Crippen LogP contribution in [0.2, 0.25) is 5.02 Å². The van der Waals surface area contributed by atoms with Gasteiger partial charge in [0.1, 0.15) is 0 Å². The van der Waals surface area contributed by atoms with E-state index in [-0.39, 0.29) is 17.5 Å². The highest BCUT2D eigenvalue weighted by atomic mass is 35.5. The Morgan fingerprint density at radius 1 is 1.22 bits per heavy atom. The van der Waals surface area contributed by atoms with Crippen molar-refractivity contribution in [2.24, 2.45) is 0 Å². The maximum absolute atomic E-state index is 12.3. The van der Waals surface area contributed by atoms with Gasteiger partial charge in [-0.05, 0) is 25.1 Å². The smallest absolute Gasteiger partial charge is 0.375 e. The van der Waals surface area contributed by atoms with Gasteiger partial charge in [-0.1, -0.05) is 23.7 Å². The maximum Gasteiger partial charge on any atom is 0.375 e. The number of ether oxygens (including phenoxy) is 1. The molecule has 0 aliphatic rings. The first kappa shape index (κ1) is 19.1. The second-order valence-corrected chi connectivity index (χ2v) is 7.42. The van der Waals surface area contributed by atoms with Crippen LogP contribution in [-0.2, 0) is 16.1 Å². The first-order valence-electron chi connectivity index (χ1n) is 8.08. The largest absolute Gasteiger partial charge is 0.451 e.